The minimum Gasteiger partial charge on any atom is -0.301 e. The van der Waals surface area contributed by atoms with E-state index in [1.54, 1.807) is 0 Å². The number of thiazole rings is 1. The zero-order valence-corrected chi connectivity index (χ0v) is 14.8. The first kappa shape index (κ1) is 16.3. The Kier molecular flexibility index (Phi) is 4.62. The Morgan fingerprint density at radius 3 is 2.78 bits per heavy atom. The highest BCUT2D eigenvalue weighted by Crippen LogP contribution is 2.49. The standard InChI is InChI=1S/C16H14ClN3OS2/c1-10-13(22-9-8-18)23-15(19-10)20-14(21)16(6-7-16)11-2-4-12(17)5-3-11/h2-5H,6-7,9H2,1H3,(H,19,20,21). The average Bonchev–Trinajstić information content (AvgIpc) is 3.27. The Bertz CT molecular complexity index is 776. The van der Waals surface area contributed by atoms with Gasteiger partial charge < -0.3 is 5.32 Å². The molecule has 0 saturated heterocycles. The van der Waals surface area contributed by atoms with E-state index >= 15 is 0 Å². The number of carbonyl (C=O) groups is 1. The number of nitrogens with zero attached hydrogens (tertiary/aromatic N) is 2. The van der Waals surface area contributed by atoms with E-state index in [1.165, 1.54) is 23.1 Å². The Balaban J connectivity index is 1.74. The molecule has 23 heavy (non-hydrogen) atoms. The number of halogens is 1. The molecule has 7 heteroatoms. The van der Waals surface area contributed by atoms with Gasteiger partial charge in [0.15, 0.2) is 5.13 Å². The number of carbonyl (C=O) groups excluding carboxylic acids is 1. The molecule has 118 valence electrons. The molecule has 0 spiro atoms. The van der Waals surface area contributed by atoms with Gasteiger partial charge in [0.2, 0.25) is 5.91 Å². The fourth-order valence-corrected chi connectivity index (χ4v) is 4.35. The van der Waals surface area contributed by atoms with E-state index in [-0.39, 0.29) is 5.91 Å². The predicted octanol–water partition coefficient (Wildman–Crippen LogP) is 4.39. The first-order valence-corrected chi connectivity index (χ1v) is 9.28. The Morgan fingerprint density at radius 1 is 1.48 bits per heavy atom. The van der Waals surface area contributed by atoms with Crippen LogP contribution in [0.3, 0.4) is 0 Å². The van der Waals surface area contributed by atoms with E-state index < -0.39 is 5.41 Å². The first-order valence-electron chi connectivity index (χ1n) is 7.10. The molecule has 0 unspecified atom stereocenters. The number of benzene rings is 1. The molecule has 1 heterocycles. The molecular formula is C16H14ClN3OS2. The molecule has 0 radical (unpaired) electrons. The van der Waals surface area contributed by atoms with Crippen molar-refractivity contribution in [2.24, 2.45) is 0 Å². The second kappa shape index (κ2) is 6.52. The van der Waals surface area contributed by atoms with Gasteiger partial charge in [0, 0.05) is 5.02 Å². The van der Waals surface area contributed by atoms with Gasteiger partial charge in [0.25, 0.3) is 0 Å². The number of hydrogen-bond donors (Lipinski definition) is 1. The van der Waals surface area contributed by atoms with Gasteiger partial charge in [-0.1, -0.05) is 46.8 Å². The highest BCUT2D eigenvalue weighted by molar-refractivity contribution is 8.01. The van der Waals surface area contributed by atoms with Crippen LogP contribution in [0.25, 0.3) is 0 Å². The average molecular weight is 364 g/mol. The number of amides is 1. The number of rotatable bonds is 5. The van der Waals surface area contributed by atoms with Crippen LogP contribution >= 0.6 is 34.7 Å². The monoisotopic (exact) mass is 363 g/mol. The molecule has 1 fully saturated rings. The van der Waals surface area contributed by atoms with E-state index in [0.717, 1.165) is 28.3 Å². The van der Waals surface area contributed by atoms with Gasteiger partial charge in [-0.15, -0.1) is 0 Å². The molecule has 3 rings (SSSR count). The van der Waals surface area contributed by atoms with Crippen molar-refractivity contribution < 1.29 is 4.79 Å². The number of nitriles is 1. The molecular weight excluding hydrogens is 350 g/mol. The predicted molar refractivity (Wildman–Crippen MR) is 94.2 cm³/mol. The number of aromatic nitrogens is 1. The van der Waals surface area contributed by atoms with E-state index in [1.807, 2.05) is 31.2 Å². The Morgan fingerprint density at radius 2 is 2.17 bits per heavy atom. The third-order valence-electron chi connectivity index (χ3n) is 3.82. The summed E-state index contributed by atoms with van der Waals surface area (Å²) in [5, 5.41) is 12.9. The highest BCUT2D eigenvalue weighted by atomic mass is 35.5. The third-order valence-corrected chi connectivity index (χ3v) is 6.38. The maximum absolute atomic E-state index is 12.7. The maximum atomic E-state index is 12.7. The molecule has 2 aromatic rings. The van der Waals surface area contributed by atoms with Gasteiger partial charge in [0.1, 0.15) is 0 Å². The lowest BCUT2D eigenvalue weighted by Crippen LogP contribution is -2.27. The van der Waals surface area contributed by atoms with Gasteiger partial charge in [-0.05, 0) is 37.5 Å². The Hall–Kier alpha value is -1.55. The summed E-state index contributed by atoms with van der Waals surface area (Å²) in [5.74, 6) is 0.357. The summed E-state index contributed by atoms with van der Waals surface area (Å²) in [7, 11) is 0. The number of hydrogen-bond acceptors (Lipinski definition) is 5. The first-order chi connectivity index (χ1) is 11.0. The van der Waals surface area contributed by atoms with Gasteiger partial charge in [-0.3, -0.25) is 4.79 Å². The second-order valence-corrected chi connectivity index (χ2v) is 8.06. The largest absolute Gasteiger partial charge is 0.301 e. The summed E-state index contributed by atoms with van der Waals surface area (Å²) in [6.07, 6.45) is 1.67. The summed E-state index contributed by atoms with van der Waals surface area (Å²) in [6.45, 7) is 1.89. The van der Waals surface area contributed by atoms with Gasteiger partial charge in [-0.25, -0.2) is 4.98 Å². The van der Waals surface area contributed by atoms with Crippen LogP contribution in [0.15, 0.2) is 28.5 Å². The summed E-state index contributed by atoms with van der Waals surface area (Å²) in [6, 6.07) is 9.55. The number of thioether (sulfide) groups is 1. The van der Waals surface area contributed by atoms with Crippen molar-refractivity contribution in [3.8, 4) is 6.07 Å². The molecule has 1 N–H and O–H groups in total. The van der Waals surface area contributed by atoms with Crippen LogP contribution in [-0.4, -0.2) is 16.6 Å². The molecule has 1 aliphatic rings. The smallest absolute Gasteiger partial charge is 0.236 e. The van der Waals surface area contributed by atoms with Crippen molar-refractivity contribution >= 4 is 45.7 Å². The second-order valence-electron chi connectivity index (χ2n) is 5.38. The lowest BCUT2D eigenvalue weighted by molar-refractivity contribution is -0.118. The van der Waals surface area contributed by atoms with Crippen molar-refractivity contribution in [1.29, 1.82) is 5.26 Å². The van der Waals surface area contributed by atoms with Crippen LogP contribution in [0.4, 0.5) is 5.13 Å². The zero-order chi connectivity index (χ0) is 16.4. The van der Waals surface area contributed by atoms with Crippen LogP contribution in [0.5, 0.6) is 0 Å². The van der Waals surface area contributed by atoms with E-state index in [2.05, 4.69) is 16.4 Å². The van der Waals surface area contributed by atoms with Crippen molar-refractivity contribution in [3.63, 3.8) is 0 Å². The molecule has 0 aliphatic heterocycles. The van der Waals surface area contributed by atoms with Crippen LogP contribution in [-0.2, 0) is 10.2 Å². The van der Waals surface area contributed by atoms with Crippen molar-refractivity contribution in [2.75, 3.05) is 11.1 Å². The normalized spacial score (nSPS) is 15.0. The van der Waals surface area contributed by atoms with Gasteiger partial charge >= 0.3 is 0 Å². The van der Waals surface area contributed by atoms with Crippen LogP contribution in [0, 0.1) is 18.3 Å². The van der Waals surface area contributed by atoms with Crippen molar-refractivity contribution in [1.82, 2.24) is 4.98 Å². The summed E-state index contributed by atoms with van der Waals surface area (Å²) in [5.41, 5.74) is 1.39. The van der Waals surface area contributed by atoms with Gasteiger partial charge in [0.05, 0.1) is 27.1 Å². The number of nitrogens with one attached hydrogen (secondary N) is 1. The van der Waals surface area contributed by atoms with Gasteiger partial charge in [-0.2, -0.15) is 5.26 Å². The summed E-state index contributed by atoms with van der Waals surface area (Å²) < 4.78 is 0.971. The van der Waals surface area contributed by atoms with Crippen molar-refractivity contribution in [3.05, 3.63) is 40.5 Å². The zero-order valence-electron chi connectivity index (χ0n) is 12.4. The molecule has 0 atom stereocenters. The van der Waals surface area contributed by atoms with E-state index in [4.69, 9.17) is 16.9 Å². The van der Waals surface area contributed by atoms with Crippen LogP contribution < -0.4 is 5.32 Å². The minimum atomic E-state index is -0.454. The summed E-state index contributed by atoms with van der Waals surface area (Å²) in [4.78, 5) is 17.1. The third kappa shape index (κ3) is 3.37. The fraction of sp³-hybridized carbons (Fsp3) is 0.312. The number of anilines is 1. The van der Waals surface area contributed by atoms with E-state index in [9.17, 15) is 4.79 Å². The van der Waals surface area contributed by atoms with Crippen LogP contribution in [0.2, 0.25) is 5.02 Å². The molecule has 4 nitrogen and oxygen atoms in total. The highest BCUT2D eigenvalue weighted by Gasteiger charge is 2.51. The topological polar surface area (TPSA) is 65.8 Å². The lowest BCUT2D eigenvalue weighted by Gasteiger charge is -2.14. The quantitative estimate of drug-likeness (QED) is 0.800. The van der Waals surface area contributed by atoms with Crippen molar-refractivity contribution in [2.45, 2.75) is 29.4 Å². The lowest BCUT2D eigenvalue weighted by atomic mass is 9.95. The molecule has 1 amide bonds. The molecule has 1 saturated carbocycles. The summed E-state index contributed by atoms with van der Waals surface area (Å²) >= 11 is 8.78. The SMILES string of the molecule is Cc1nc(NC(=O)C2(c3ccc(Cl)cc3)CC2)sc1SCC#N. The van der Waals surface area contributed by atoms with E-state index in [0.29, 0.717) is 15.9 Å². The molecule has 1 aromatic carbocycles. The van der Waals surface area contributed by atoms with Crippen LogP contribution in [0.1, 0.15) is 24.1 Å². The minimum absolute atomic E-state index is 0.0228. The Labute approximate surface area is 147 Å². The molecule has 0 bridgehead atoms. The number of aryl methyl sites for hydroxylation is 1. The maximum Gasteiger partial charge on any atom is 0.236 e. The molecule has 1 aromatic heterocycles. The molecule has 1 aliphatic carbocycles. The fourth-order valence-electron chi connectivity index (χ4n) is 2.43.